The van der Waals surface area contributed by atoms with Crippen molar-refractivity contribution in [2.24, 2.45) is 11.7 Å². The van der Waals surface area contributed by atoms with E-state index in [1.807, 2.05) is 0 Å². The van der Waals surface area contributed by atoms with Gasteiger partial charge in [0.25, 0.3) is 0 Å². The molecule has 1 aliphatic carbocycles. The molecule has 3 rings (SSSR count). The van der Waals surface area contributed by atoms with Gasteiger partial charge in [-0.2, -0.15) is 0 Å². The van der Waals surface area contributed by atoms with Crippen LogP contribution in [0.4, 0.5) is 0 Å². The smallest absolute Gasteiger partial charge is 0.0329 e. The van der Waals surface area contributed by atoms with Gasteiger partial charge < -0.3 is 5.73 Å². The molecule has 0 spiro atoms. The quantitative estimate of drug-likeness (QED) is 0.869. The lowest BCUT2D eigenvalue weighted by Crippen LogP contribution is -2.28. The van der Waals surface area contributed by atoms with Crippen LogP contribution in [0.15, 0.2) is 42.5 Å². The van der Waals surface area contributed by atoms with Crippen molar-refractivity contribution >= 4 is 0 Å². The minimum Gasteiger partial charge on any atom is -0.324 e. The standard InChI is InChI=1S/C19H23N/c1-13-7-8-14(2)17(11-13)12-16-10-9-15-5-3-4-6-18(15)19(16)20/h3-8,11,16,19H,9-10,12,20H2,1-2H3. The zero-order valence-corrected chi connectivity index (χ0v) is 12.4. The van der Waals surface area contributed by atoms with Crippen LogP contribution < -0.4 is 5.73 Å². The summed E-state index contributed by atoms with van der Waals surface area (Å²) in [7, 11) is 0. The summed E-state index contributed by atoms with van der Waals surface area (Å²) in [4.78, 5) is 0. The van der Waals surface area contributed by atoms with E-state index in [1.54, 1.807) is 0 Å². The van der Waals surface area contributed by atoms with Gasteiger partial charge in [0.1, 0.15) is 0 Å². The van der Waals surface area contributed by atoms with Gasteiger partial charge >= 0.3 is 0 Å². The largest absolute Gasteiger partial charge is 0.324 e. The van der Waals surface area contributed by atoms with E-state index >= 15 is 0 Å². The van der Waals surface area contributed by atoms with E-state index in [4.69, 9.17) is 5.73 Å². The van der Waals surface area contributed by atoms with Gasteiger partial charge in [0.2, 0.25) is 0 Å². The molecular formula is C19H23N. The summed E-state index contributed by atoms with van der Waals surface area (Å²) < 4.78 is 0. The maximum absolute atomic E-state index is 6.53. The van der Waals surface area contributed by atoms with Crippen LogP contribution >= 0.6 is 0 Å². The molecule has 0 saturated carbocycles. The summed E-state index contributed by atoms with van der Waals surface area (Å²) in [6.07, 6.45) is 3.47. The van der Waals surface area contributed by atoms with E-state index in [0.29, 0.717) is 5.92 Å². The molecule has 104 valence electrons. The predicted molar refractivity (Wildman–Crippen MR) is 84.8 cm³/mol. The van der Waals surface area contributed by atoms with Crippen LogP contribution in [0.1, 0.15) is 40.3 Å². The van der Waals surface area contributed by atoms with Gasteiger partial charge in [0, 0.05) is 6.04 Å². The van der Waals surface area contributed by atoms with Crippen LogP contribution in [0.5, 0.6) is 0 Å². The van der Waals surface area contributed by atoms with Gasteiger partial charge in [0.05, 0.1) is 0 Å². The Balaban J connectivity index is 1.84. The highest BCUT2D eigenvalue weighted by molar-refractivity contribution is 5.35. The molecule has 0 fully saturated rings. The van der Waals surface area contributed by atoms with Crippen LogP contribution in [-0.4, -0.2) is 0 Å². The van der Waals surface area contributed by atoms with Gasteiger partial charge in [-0.05, 0) is 61.3 Å². The molecule has 2 N–H and O–H groups in total. The Bertz CT molecular complexity index is 615. The summed E-state index contributed by atoms with van der Waals surface area (Å²) in [6.45, 7) is 4.37. The molecule has 2 aromatic carbocycles. The number of hydrogen-bond donors (Lipinski definition) is 1. The Labute approximate surface area is 121 Å². The SMILES string of the molecule is Cc1ccc(C)c(CC2CCc3ccccc3C2N)c1. The van der Waals surface area contributed by atoms with Crippen molar-refractivity contribution in [1.82, 2.24) is 0 Å². The molecule has 0 heterocycles. The van der Waals surface area contributed by atoms with Crippen LogP contribution in [0.25, 0.3) is 0 Å². The number of benzene rings is 2. The first-order valence-corrected chi connectivity index (χ1v) is 7.54. The van der Waals surface area contributed by atoms with Crippen molar-refractivity contribution in [2.45, 2.75) is 39.2 Å². The fourth-order valence-corrected chi connectivity index (χ4v) is 3.39. The summed E-state index contributed by atoms with van der Waals surface area (Å²) in [5, 5.41) is 0. The lowest BCUT2D eigenvalue weighted by Gasteiger charge is -2.31. The Morgan fingerprint density at radius 3 is 2.75 bits per heavy atom. The second-order valence-corrected chi connectivity index (χ2v) is 6.16. The first kappa shape index (κ1) is 13.4. The summed E-state index contributed by atoms with van der Waals surface area (Å²) in [6, 6.07) is 15.6. The number of hydrogen-bond acceptors (Lipinski definition) is 1. The van der Waals surface area contributed by atoms with Crippen molar-refractivity contribution in [3.8, 4) is 0 Å². The van der Waals surface area contributed by atoms with E-state index in [-0.39, 0.29) is 6.04 Å². The molecule has 20 heavy (non-hydrogen) atoms. The van der Waals surface area contributed by atoms with Gasteiger partial charge in [-0.15, -0.1) is 0 Å². The fraction of sp³-hybridized carbons (Fsp3) is 0.368. The Hall–Kier alpha value is -1.60. The average Bonchev–Trinajstić information content (AvgIpc) is 2.46. The topological polar surface area (TPSA) is 26.0 Å². The number of rotatable bonds is 2. The highest BCUT2D eigenvalue weighted by atomic mass is 14.7. The summed E-state index contributed by atoms with van der Waals surface area (Å²) >= 11 is 0. The lowest BCUT2D eigenvalue weighted by atomic mass is 9.77. The van der Waals surface area contributed by atoms with E-state index < -0.39 is 0 Å². The second kappa shape index (κ2) is 5.41. The molecular weight excluding hydrogens is 242 g/mol. The molecule has 1 nitrogen and oxygen atoms in total. The molecule has 0 saturated heterocycles. The van der Waals surface area contributed by atoms with Crippen molar-refractivity contribution in [2.75, 3.05) is 0 Å². The second-order valence-electron chi connectivity index (χ2n) is 6.16. The first-order chi connectivity index (χ1) is 9.65. The predicted octanol–water partition coefficient (Wildman–Crippen LogP) is 4.11. The van der Waals surface area contributed by atoms with Crippen LogP contribution in [-0.2, 0) is 12.8 Å². The molecule has 1 heteroatoms. The third-order valence-corrected chi connectivity index (χ3v) is 4.69. The molecule has 2 atom stereocenters. The lowest BCUT2D eigenvalue weighted by molar-refractivity contribution is 0.376. The van der Waals surface area contributed by atoms with Crippen LogP contribution in [0.2, 0.25) is 0 Å². The maximum Gasteiger partial charge on any atom is 0.0329 e. The molecule has 0 amide bonds. The van der Waals surface area contributed by atoms with Gasteiger partial charge in [-0.1, -0.05) is 48.0 Å². The van der Waals surface area contributed by atoms with Crippen molar-refractivity contribution in [1.29, 1.82) is 0 Å². The molecule has 0 aliphatic heterocycles. The third kappa shape index (κ3) is 2.51. The monoisotopic (exact) mass is 265 g/mol. The molecule has 2 aromatic rings. The molecule has 0 radical (unpaired) electrons. The van der Waals surface area contributed by atoms with Crippen molar-refractivity contribution in [3.63, 3.8) is 0 Å². The number of fused-ring (bicyclic) bond motifs is 1. The van der Waals surface area contributed by atoms with E-state index in [2.05, 4.69) is 56.3 Å². The average molecular weight is 265 g/mol. The van der Waals surface area contributed by atoms with Gasteiger partial charge in [-0.25, -0.2) is 0 Å². The maximum atomic E-state index is 6.53. The molecule has 1 aliphatic rings. The molecule has 2 unspecified atom stereocenters. The van der Waals surface area contributed by atoms with Crippen molar-refractivity contribution in [3.05, 3.63) is 70.3 Å². The number of aryl methyl sites for hydroxylation is 3. The highest BCUT2D eigenvalue weighted by Gasteiger charge is 2.26. The Kier molecular flexibility index (Phi) is 3.62. The van der Waals surface area contributed by atoms with Gasteiger partial charge in [-0.3, -0.25) is 0 Å². The Morgan fingerprint density at radius 2 is 1.90 bits per heavy atom. The van der Waals surface area contributed by atoms with Crippen LogP contribution in [0.3, 0.4) is 0 Å². The zero-order valence-electron chi connectivity index (χ0n) is 12.4. The molecule has 0 aromatic heterocycles. The number of nitrogens with two attached hydrogens (primary N) is 1. The summed E-state index contributed by atoms with van der Waals surface area (Å²) in [5.74, 6) is 0.561. The van der Waals surface area contributed by atoms with Crippen LogP contribution in [0, 0.1) is 19.8 Å². The zero-order chi connectivity index (χ0) is 14.1. The normalized spacial score (nSPS) is 21.6. The highest BCUT2D eigenvalue weighted by Crippen LogP contribution is 2.35. The molecule has 0 bridgehead atoms. The first-order valence-electron chi connectivity index (χ1n) is 7.54. The minimum absolute atomic E-state index is 0.180. The van der Waals surface area contributed by atoms with E-state index in [9.17, 15) is 0 Å². The minimum atomic E-state index is 0.180. The van der Waals surface area contributed by atoms with E-state index in [1.165, 1.54) is 40.7 Å². The third-order valence-electron chi connectivity index (χ3n) is 4.69. The summed E-state index contributed by atoms with van der Waals surface area (Å²) in [5.41, 5.74) is 13.5. The van der Waals surface area contributed by atoms with Gasteiger partial charge in [0.15, 0.2) is 0 Å². The van der Waals surface area contributed by atoms with E-state index in [0.717, 1.165) is 6.42 Å². The van der Waals surface area contributed by atoms with Crippen molar-refractivity contribution < 1.29 is 0 Å². The fourth-order valence-electron chi connectivity index (χ4n) is 3.39. The Morgan fingerprint density at radius 1 is 1.10 bits per heavy atom.